The molecule has 5 nitrogen and oxygen atoms in total. The van der Waals surface area contributed by atoms with Gasteiger partial charge in [-0.25, -0.2) is 4.99 Å². The van der Waals surface area contributed by atoms with Crippen molar-refractivity contribution in [1.29, 1.82) is 0 Å². The number of carbonyl (C=O) groups excluding carboxylic acids is 1. The van der Waals surface area contributed by atoms with Crippen LogP contribution in [0.3, 0.4) is 0 Å². The number of para-hydroxylation sites is 1. The van der Waals surface area contributed by atoms with Gasteiger partial charge in [0.15, 0.2) is 5.17 Å². The van der Waals surface area contributed by atoms with Gasteiger partial charge in [-0.1, -0.05) is 30.3 Å². The third-order valence-corrected chi connectivity index (χ3v) is 6.19. The van der Waals surface area contributed by atoms with Crippen molar-refractivity contribution in [3.63, 3.8) is 0 Å². The van der Waals surface area contributed by atoms with Gasteiger partial charge in [-0.3, -0.25) is 14.6 Å². The van der Waals surface area contributed by atoms with Gasteiger partial charge in [0, 0.05) is 25.2 Å². The summed E-state index contributed by atoms with van der Waals surface area (Å²) in [4.78, 5) is 22.6. The highest BCUT2D eigenvalue weighted by atomic mass is 32.2. The summed E-state index contributed by atoms with van der Waals surface area (Å²) in [6.07, 6.45) is 1.75. The van der Waals surface area contributed by atoms with E-state index in [1.54, 1.807) is 23.1 Å². The number of nitrogens with zero attached hydrogens (tertiary/aromatic N) is 3. The van der Waals surface area contributed by atoms with Gasteiger partial charge in [0.2, 0.25) is 0 Å². The summed E-state index contributed by atoms with van der Waals surface area (Å²) in [5.41, 5.74) is 1.50. The van der Waals surface area contributed by atoms with Gasteiger partial charge in [-0.05, 0) is 75.4 Å². The highest BCUT2D eigenvalue weighted by Crippen LogP contribution is 2.34. The van der Waals surface area contributed by atoms with Crippen molar-refractivity contribution >= 4 is 34.6 Å². The summed E-state index contributed by atoms with van der Waals surface area (Å²) < 4.78 is 29.2. The van der Waals surface area contributed by atoms with Crippen LogP contribution >= 0.6 is 11.8 Å². The van der Waals surface area contributed by atoms with E-state index in [1.807, 2.05) is 30.3 Å². The molecule has 2 aromatic carbocycles. The summed E-state index contributed by atoms with van der Waals surface area (Å²) >= 11 is 1.32. The molecule has 2 aromatic rings. The average molecular weight is 474 g/mol. The number of amidine groups is 1. The van der Waals surface area contributed by atoms with Crippen LogP contribution in [0.4, 0.5) is 14.5 Å². The van der Waals surface area contributed by atoms with E-state index in [-0.39, 0.29) is 11.7 Å². The smallest absolute Gasteiger partial charge is 0.387 e. The number of aliphatic imine (C=N–C) groups is 1. The first kappa shape index (κ1) is 24.9. The molecule has 3 rings (SSSR count). The molecule has 0 aliphatic carbocycles. The SMILES string of the molecule is CC(C)N(CCN1C(=O)/C(=C/c2ccc(OC(F)F)cc2)SC1=Nc1ccccc1)C(C)C. The van der Waals surface area contributed by atoms with Crippen molar-refractivity contribution in [2.45, 2.75) is 46.4 Å². The van der Waals surface area contributed by atoms with Gasteiger partial charge in [0.05, 0.1) is 10.6 Å². The Labute approximate surface area is 198 Å². The maximum atomic E-state index is 13.3. The molecule has 0 radical (unpaired) electrons. The molecule has 1 amide bonds. The van der Waals surface area contributed by atoms with E-state index in [0.717, 1.165) is 17.8 Å². The van der Waals surface area contributed by atoms with Crippen LogP contribution in [-0.4, -0.2) is 52.7 Å². The molecule has 0 bridgehead atoms. The average Bonchev–Trinajstić information content (AvgIpc) is 3.04. The topological polar surface area (TPSA) is 45.1 Å². The molecule has 8 heteroatoms. The third kappa shape index (κ3) is 6.88. The molecule has 0 saturated carbocycles. The predicted octanol–water partition coefficient (Wildman–Crippen LogP) is 6.01. The van der Waals surface area contributed by atoms with Crippen LogP contribution in [0.5, 0.6) is 5.75 Å². The van der Waals surface area contributed by atoms with Gasteiger partial charge >= 0.3 is 6.61 Å². The van der Waals surface area contributed by atoms with Gasteiger partial charge < -0.3 is 4.74 Å². The lowest BCUT2D eigenvalue weighted by molar-refractivity contribution is -0.122. The molecule has 1 saturated heterocycles. The summed E-state index contributed by atoms with van der Waals surface area (Å²) in [5, 5.41) is 0.627. The van der Waals surface area contributed by atoms with Crippen LogP contribution in [0.2, 0.25) is 0 Å². The predicted molar refractivity (Wildman–Crippen MR) is 131 cm³/mol. The fraction of sp³-hybridized carbons (Fsp3) is 0.360. The molecular formula is C25H29F2N3O2S. The summed E-state index contributed by atoms with van der Waals surface area (Å²) in [6, 6.07) is 16.5. The van der Waals surface area contributed by atoms with Gasteiger partial charge in [0.1, 0.15) is 5.75 Å². The number of hydrogen-bond acceptors (Lipinski definition) is 5. The number of thioether (sulfide) groups is 1. The molecule has 1 aliphatic rings. The second-order valence-electron chi connectivity index (χ2n) is 8.17. The molecular weight excluding hydrogens is 444 g/mol. The number of carbonyl (C=O) groups is 1. The van der Waals surface area contributed by atoms with Crippen LogP contribution in [0, 0.1) is 0 Å². The second kappa shape index (κ2) is 11.4. The zero-order valence-corrected chi connectivity index (χ0v) is 20.1. The van der Waals surface area contributed by atoms with Gasteiger partial charge in [0.25, 0.3) is 5.91 Å². The summed E-state index contributed by atoms with van der Waals surface area (Å²) in [7, 11) is 0. The standard InChI is InChI=1S/C25H29F2N3O2S/c1-17(2)29(18(3)4)14-15-30-23(31)22(33-25(30)28-20-8-6-5-7-9-20)16-19-10-12-21(13-11-19)32-24(26)27/h5-13,16-18,24H,14-15H2,1-4H3/b22-16-,28-25?. The van der Waals surface area contributed by atoms with Crippen molar-refractivity contribution in [2.75, 3.05) is 13.1 Å². The monoisotopic (exact) mass is 473 g/mol. The molecule has 1 aliphatic heterocycles. The van der Waals surface area contributed by atoms with E-state index in [1.165, 1.54) is 23.9 Å². The Morgan fingerprint density at radius 1 is 1.03 bits per heavy atom. The van der Waals surface area contributed by atoms with Crippen molar-refractivity contribution < 1.29 is 18.3 Å². The number of hydrogen-bond donors (Lipinski definition) is 0. The lowest BCUT2D eigenvalue weighted by Crippen LogP contribution is -2.43. The Bertz CT molecular complexity index is 984. The zero-order chi connectivity index (χ0) is 24.0. The first-order chi connectivity index (χ1) is 15.7. The quantitative estimate of drug-likeness (QED) is 0.419. The third-order valence-electron chi connectivity index (χ3n) is 5.18. The van der Waals surface area contributed by atoms with E-state index >= 15 is 0 Å². The minimum atomic E-state index is -2.87. The number of ether oxygens (including phenoxy) is 1. The molecule has 0 N–H and O–H groups in total. The van der Waals surface area contributed by atoms with E-state index < -0.39 is 6.61 Å². The summed E-state index contributed by atoms with van der Waals surface area (Å²) in [5.74, 6) is -0.0389. The van der Waals surface area contributed by atoms with E-state index in [0.29, 0.717) is 28.7 Å². The van der Waals surface area contributed by atoms with E-state index in [4.69, 9.17) is 4.99 Å². The Morgan fingerprint density at radius 2 is 1.67 bits per heavy atom. The molecule has 0 unspecified atom stereocenters. The largest absolute Gasteiger partial charge is 0.435 e. The molecule has 176 valence electrons. The molecule has 0 aromatic heterocycles. The zero-order valence-electron chi connectivity index (χ0n) is 19.2. The number of halogens is 2. The second-order valence-corrected chi connectivity index (χ2v) is 9.18. The first-order valence-electron chi connectivity index (χ1n) is 10.9. The Kier molecular flexibility index (Phi) is 8.63. The lowest BCUT2D eigenvalue weighted by atomic mass is 10.2. The van der Waals surface area contributed by atoms with Crippen LogP contribution in [0.15, 0.2) is 64.5 Å². The maximum Gasteiger partial charge on any atom is 0.387 e. The number of alkyl halides is 2. The van der Waals surface area contributed by atoms with E-state index in [9.17, 15) is 13.6 Å². The Balaban J connectivity index is 1.85. The normalized spacial score (nSPS) is 16.9. The van der Waals surface area contributed by atoms with Crippen LogP contribution in [-0.2, 0) is 4.79 Å². The Hall–Kier alpha value is -2.71. The number of rotatable bonds is 9. The Morgan fingerprint density at radius 3 is 2.24 bits per heavy atom. The molecule has 1 heterocycles. The first-order valence-corrected chi connectivity index (χ1v) is 11.7. The highest BCUT2D eigenvalue weighted by Gasteiger charge is 2.34. The van der Waals surface area contributed by atoms with Crippen molar-refractivity contribution in [1.82, 2.24) is 9.80 Å². The fourth-order valence-corrected chi connectivity index (χ4v) is 4.65. The fourth-order valence-electron chi connectivity index (χ4n) is 3.63. The van der Waals surface area contributed by atoms with Crippen LogP contribution in [0.1, 0.15) is 33.3 Å². The van der Waals surface area contributed by atoms with Gasteiger partial charge in [-0.15, -0.1) is 0 Å². The molecule has 1 fully saturated rings. The van der Waals surface area contributed by atoms with E-state index in [2.05, 4.69) is 37.3 Å². The number of benzene rings is 2. The van der Waals surface area contributed by atoms with Crippen molar-refractivity contribution in [3.05, 3.63) is 65.1 Å². The van der Waals surface area contributed by atoms with Gasteiger partial charge in [-0.2, -0.15) is 8.78 Å². The van der Waals surface area contributed by atoms with Crippen molar-refractivity contribution in [3.8, 4) is 5.75 Å². The number of amides is 1. The molecule has 33 heavy (non-hydrogen) atoms. The molecule has 0 atom stereocenters. The minimum absolute atomic E-state index is 0.0768. The lowest BCUT2D eigenvalue weighted by Gasteiger charge is -2.31. The van der Waals surface area contributed by atoms with Crippen molar-refractivity contribution in [2.24, 2.45) is 4.99 Å². The minimum Gasteiger partial charge on any atom is -0.435 e. The highest BCUT2D eigenvalue weighted by molar-refractivity contribution is 8.18. The summed E-state index contributed by atoms with van der Waals surface area (Å²) in [6.45, 7) is 6.95. The molecule has 0 spiro atoms. The van der Waals surface area contributed by atoms with Crippen LogP contribution in [0.25, 0.3) is 6.08 Å². The maximum absolute atomic E-state index is 13.3. The van der Waals surface area contributed by atoms with Crippen LogP contribution < -0.4 is 4.74 Å².